The van der Waals surface area contributed by atoms with Crippen LogP contribution < -0.4 is 0 Å². The molecule has 2 rings (SSSR count). The van der Waals surface area contributed by atoms with Gasteiger partial charge in [-0.05, 0) is 23.7 Å². The van der Waals surface area contributed by atoms with Gasteiger partial charge in [0.15, 0.2) is 4.88 Å². The zero-order chi connectivity index (χ0) is 9.97. The second kappa shape index (κ2) is 3.59. The fourth-order valence-electron chi connectivity index (χ4n) is 1.06. The van der Waals surface area contributed by atoms with Crippen molar-refractivity contribution in [2.75, 3.05) is 0 Å². The lowest BCUT2D eigenvalue weighted by Crippen LogP contribution is -1.99. The highest BCUT2D eigenvalue weighted by Crippen LogP contribution is 2.15. The molecule has 5 nitrogen and oxygen atoms in total. The van der Waals surface area contributed by atoms with Crippen molar-refractivity contribution in [3.63, 3.8) is 0 Å². The Morgan fingerprint density at radius 3 is 3.14 bits per heavy atom. The third-order valence-corrected chi connectivity index (χ3v) is 2.43. The van der Waals surface area contributed by atoms with Crippen molar-refractivity contribution in [2.24, 2.45) is 0 Å². The first-order valence-corrected chi connectivity index (χ1v) is 4.61. The Balaban J connectivity index is 2.25. The number of carboxylic acid groups (broad SMARTS) is 1. The van der Waals surface area contributed by atoms with Gasteiger partial charge in [-0.15, -0.1) is 5.10 Å². The maximum atomic E-state index is 10.7. The van der Waals surface area contributed by atoms with Crippen LogP contribution in [0.3, 0.4) is 0 Å². The van der Waals surface area contributed by atoms with Gasteiger partial charge >= 0.3 is 5.97 Å². The van der Waals surface area contributed by atoms with Gasteiger partial charge in [0.25, 0.3) is 0 Å². The van der Waals surface area contributed by atoms with E-state index in [1.807, 2.05) is 0 Å². The molecule has 0 aliphatic heterocycles. The highest BCUT2D eigenvalue weighted by molar-refractivity contribution is 7.07. The molecule has 0 saturated heterocycles. The van der Waals surface area contributed by atoms with Crippen molar-refractivity contribution in [3.05, 3.63) is 34.7 Å². The summed E-state index contributed by atoms with van der Waals surface area (Å²) in [5.74, 6) is -0.318. The maximum Gasteiger partial charge on any atom is 0.349 e. The summed E-state index contributed by atoms with van der Waals surface area (Å²) >= 11 is 0.877. The fraction of sp³-hybridized carbons (Fsp3) is 0.125. The maximum absolute atomic E-state index is 10.7. The summed E-state index contributed by atoms with van der Waals surface area (Å²) in [5, 5.41) is 12.5. The van der Waals surface area contributed by atoms with Crippen LogP contribution in [0.25, 0.3) is 0 Å². The number of carbonyl (C=O) groups is 1. The quantitative estimate of drug-likeness (QED) is 0.829. The van der Waals surface area contributed by atoms with Gasteiger partial charge in [0.05, 0.1) is 18.4 Å². The molecule has 0 radical (unpaired) electrons. The number of aromatic nitrogens is 2. The highest BCUT2D eigenvalue weighted by Gasteiger charge is 2.15. The largest absolute Gasteiger partial charge is 0.477 e. The van der Waals surface area contributed by atoms with Crippen LogP contribution in [0.1, 0.15) is 21.1 Å². The van der Waals surface area contributed by atoms with Crippen molar-refractivity contribution in [2.45, 2.75) is 6.42 Å². The molecular weight excluding hydrogens is 204 g/mol. The van der Waals surface area contributed by atoms with E-state index in [1.165, 1.54) is 6.26 Å². The van der Waals surface area contributed by atoms with Crippen LogP contribution in [0.4, 0.5) is 0 Å². The molecule has 0 aliphatic rings. The van der Waals surface area contributed by atoms with E-state index in [9.17, 15) is 4.79 Å². The summed E-state index contributed by atoms with van der Waals surface area (Å²) in [6.45, 7) is 0. The van der Waals surface area contributed by atoms with Crippen LogP contribution in [-0.2, 0) is 6.42 Å². The Hall–Kier alpha value is -1.69. The van der Waals surface area contributed by atoms with Crippen molar-refractivity contribution in [3.8, 4) is 0 Å². The van der Waals surface area contributed by atoms with E-state index in [1.54, 1.807) is 12.1 Å². The Bertz CT molecular complexity index is 435. The van der Waals surface area contributed by atoms with Gasteiger partial charge in [-0.2, -0.15) is 0 Å². The van der Waals surface area contributed by atoms with Gasteiger partial charge in [-0.3, -0.25) is 0 Å². The Labute approximate surface area is 83.2 Å². The third kappa shape index (κ3) is 1.64. The molecule has 0 spiro atoms. The van der Waals surface area contributed by atoms with Gasteiger partial charge < -0.3 is 9.52 Å². The van der Waals surface area contributed by atoms with E-state index in [-0.39, 0.29) is 4.88 Å². The van der Waals surface area contributed by atoms with Crippen LogP contribution in [0.2, 0.25) is 0 Å². The van der Waals surface area contributed by atoms with Gasteiger partial charge in [0.1, 0.15) is 5.76 Å². The number of aromatic carboxylic acids is 1. The molecule has 2 aromatic rings. The van der Waals surface area contributed by atoms with E-state index in [0.29, 0.717) is 17.9 Å². The van der Waals surface area contributed by atoms with Crippen LogP contribution in [0.5, 0.6) is 0 Å². The number of hydrogen-bond acceptors (Lipinski definition) is 5. The van der Waals surface area contributed by atoms with E-state index >= 15 is 0 Å². The lowest BCUT2D eigenvalue weighted by atomic mass is 10.2. The lowest BCUT2D eigenvalue weighted by Gasteiger charge is -1.92. The highest BCUT2D eigenvalue weighted by atomic mass is 32.1. The monoisotopic (exact) mass is 210 g/mol. The molecule has 0 amide bonds. The van der Waals surface area contributed by atoms with Gasteiger partial charge in [-0.1, -0.05) is 4.49 Å². The average molecular weight is 210 g/mol. The molecule has 0 atom stereocenters. The molecule has 0 aromatic carbocycles. The van der Waals surface area contributed by atoms with Gasteiger partial charge in [0.2, 0.25) is 0 Å². The van der Waals surface area contributed by atoms with Crippen molar-refractivity contribution < 1.29 is 14.3 Å². The molecular formula is C8H6N2O3S. The minimum atomic E-state index is -0.999. The van der Waals surface area contributed by atoms with Crippen LogP contribution in [0, 0.1) is 0 Å². The first kappa shape index (κ1) is 8.89. The summed E-state index contributed by atoms with van der Waals surface area (Å²) in [4.78, 5) is 10.9. The third-order valence-electron chi connectivity index (χ3n) is 1.67. The Kier molecular flexibility index (Phi) is 2.28. The summed E-state index contributed by atoms with van der Waals surface area (Å²) < 4.78 is 8.68. The topological polar surface area (TPSA) is 76.2 Å². The second-order valence-electron chi connectivity index (χ2n) is 2.61. The number of rotatable bonds is 3. The summed E-state index contributed by atoms with van der Waals surface area (Å²) in [7, 11) is 0. The first-order chi connectivity index (χ1) is 6.77. The predicted molar refractivity (Wildman–Crippen MR) is 48.4 cm³/mol. The molecule has 2 heterocycles. The van der Waals surface area contributed by atoms with E-state index in [4.69, 9.17) is 9.52 Å². The Morgan fingerprint density at radius 1 is 1.64 bits per heavy atom. The van der Waals surface area contributed by atoms with E-state index < -0.39 is 5.97 Å². The molecule has 0 unspecified atom stereocenters. The predicted octanol–water partition coefficient (Wildman–Crippen LogP) is 1.42. The molecule has 0 bridgehead atoms. The number of hydrogen-bond donors (Lipinski definition) is 1. The second-order valence-corrected chi connectivity index (χ2v) is 3.36. The summed E-state index contributed by atoms with van der Waals surface area (Å²) in [6.07, 6.45) is 1.90. The smallest absolute Gasteiger partial charge is 0.349 e. The molecule has 72 valence electrons. The number of furan rings is 1. The minimum absolute atomic E-state index is 0.168. The van der Waals surface area contributed by atoms with Crippen molar-refractivity contribution in [1.82, 2.24) is 9.59 Å². The molecule has 14 heavy (non-hydrogen) atoms. The van der Waals surface area contributed by atoms with Crippen LogP contribution in [0.15, 0.2) is 22.8 Å². The van der Waals surface area contributed by atoms with E-state index in [2.05, 4.69) is 9.59 Å². The number of nitrogens with zero attached hydrogens (tertiary/aromatic N) is 2. The Morgan fingerprint density at radius 2 is 2.50 bits per heavy atom. The average Bonchev–Trinajstić information content (AvgIpc) is 2.75. The lowest BCUT2D eigenvalue weighted by molar-refractivity contribution is 0.0701. The zero-order valence-electron chi connectivity index (χ0n) is 7.01. The van der Waals surface area contributed by atoms with Gasteiger partial charge in [0, 0.05) is 0 Å². The summed E-state index contributed by atoms with van der Waals surface area (Å²) in [5.41, 5.74) is 0.442. The molecule has 6 heteroatoms. The normalized spacial score (nSPS) is 10.3. The molecule has 0 saturated carbocycles. The van der Waals surface area contributed by atoms with Crippen LogP contribution in [-0.4, -0.2) is 20.7 Å². The molecule has 1 N–H and O–H groups in total. The molecule has 0 fully saturated rings. The zero-order valence-corrected chi connectivity index (χ0v) is 7.82. The molecule has 2 aromatic heterocycles. The van der Waals surface area contributed by atoms with Gasteiger partial charge in [-0.25, -0.2) is 4.79 Å². The SMILES string of the molecule is O=C(O)c1snnc1Cc1ccco1. The number of carboxylic acids is 1. The first-order valence-electron chi connectivity index (χ1n) is 3.84. The van der Waals surface area contributed by atoms with Crippen molar-refractivity contribution in [1.29, 1.82) is 0 Å². The molecule has 0 aliphatic carbocycles. The standard InChI is InChI=1S/C8H6N2O3S/c11-8(12)7-6(9-10-14-7)4-5-2-1-3-13-5/h1-3H,4H2,(H,11,12). The fourth-order valence-corrected chi connectivity index (χ4v) is 1.58. The van der Waals surface area contributed by atoms with Crippen LogP contribution >= 0.6 is 11.5 Å². The van der Waals surface area contributed by atoms with E-state index in [0.717, 1.165) is 11.5 Å². The minimum Gasteiger partial charge on any atom is -0.477 e. The van der Waals surface area contributed by atoms with Crippen molar-refractivity contribution >= 4 is 17.5 Å². The summed E-state index contributed by atoms with van der Waals surface area (Å²) in [6, 6.07) is 3.51.